The Labute approximate surface area is 100 Å². The lowest BCUT2D eigenvalue weighted by atomic mass is 10.0. The lowest BCUT2D eigenvalue weighted by Crippen LogP contribution is -2.16. The molecule has 0 radical (unpaired) electrons. The quantitative estimate of drug-likeness (QED) is 0.758. The Kier molecular flexibility index (Phi) is 4.78. The van der Waals surface area contributed by atoms with Crippen molar-refractivity contribution in [3.8, 4) is 11.5 Å². The first-order chi connectivity index (χ1) is 8.08. The molecule has 1 rings (SSSR count). The number of benzene rings is 1. The van der Waals surface area contributed by atoms with Gasteiger partial charge in [0.15, 0.2) is 11.5 Å². The van der Waals surface area contributed by atoms with Crippen molar-refractivity contribution in [3.63, 3.8) is 0 Å². The second-order valence-corrected chi connectivity index (χ2v) is 3.55. The van der Waals surface area contributed by atoms with Gasteiger partial charge in [-0.2, -0.15) is 0 Å². The van der Waals surface area contributed by atoms with E-state index in [9.17, 15) is 9.90 Å². The number of esters is 1. The van der Waals surface area contributed by atoms with Gasteiger partial charge in [0, 0.05) is 6.04 Å². The molecule has 5 heteroatoms. The van der Waals surface area contributed by atoms with Crippen LogP contribution in [-0.2, 0) is 9.53 Å². The molecule has 0 aromatic heterocycles. The molecule has 3 N–H and O–H groups in total. The smallest absolute Gasteiger partial charge is 0.307 e. The van der Waals surface area contributed by atoms with Crippen LogP contribution < -0.4 is 10.5 Å². The van der Waals surface area contributed by atoms with Crippen LogP contribution in [-0.4, -0.2) is 24.8 Å². The van der Waals surface area contributed by atoms with E-state index in [1.54, 1.807) is 12.1 Å². The average molecular weight is 239 g/mol. The van der Waals surface area contributed by atoms with Crippen LogP contribution >= 0.6 is 0 Å². The highest BCUT2D eigenvalue weighted by Crippen LogP contribution is 2.29. The summed E-state index contributed by atoms with van der Waals surface area (Å²) in [5, 5.41) is 9.52. The van der Waals surface area contributed by atoms with Gasteiger partial charge in [0.25, 0.3) is 0 Å². The van der Waals surface area contributed by atoms with E-state index in [-0.39, 0.29) is 18.1 Å². The standard InChI is InChI=1S/C12H17NO4/c1-3-17-11-6-8(4-5-10(11)14)9(13)7-12(15)16-2/h4-6,9,14H,3,7,13H2,1-2H3/t9-/m0/s1. The molecule has 0 aliphatic carbocycles. The summed E-state index contributed by atoms with van der Waals surface area (Å²) in [6.07, 6.45) is 0.0901. The second kappa shape index (κ2) is 6.10. The minimum atomic E-state index is -0.470. The first-order valence-electron chi connectivity index (χ1n) is 5.36. The number of nitrogens with two attached hydrogens (primary N) is 1. The fraction of sp³-hybridized carbons (Fsp3) is 0.417. The molecule has 0 bridgehead atoms. The molecular formula is C12H17NO4. The van der Waals surface area contributed by atoms with Crippen molar-refractivity contribution in [2.45, 2.75) is 19.4 Å². The molecule has 5 nitrogen and oxygen atoms in total. The summed E-state index contributed by atoms with van der Waals surface area (Å²) in [4.78, 5) is 11.1. The number of phenols is 1. The molecule has 0 fully saturated rings. The highest BCUT2D eigenvalue weighted by Gasteiger charge is 2.14. The third-order valence-electron chi connectivity index (χ3n) is 2.33. The number of carbonyl (C=O) groups excluding carboxylic acids is 1. The molecule has 0 aliphatic heterocycles. The van der Waals surface area contributed by atoms with Crippen LogP contribution in [0.25, 0.3) is 0 Å². The van der Waals surface area contributed by atoms with E-state index in [2.05, 4.69) is 4.74 Å². The number of hydrogen-bond donors (Lipinski definition) is 2. The highest BCUT2D eigenvalue weighted by atomic mass is 16.5. The van der Waals surface area contributed by atoms with Crippen LogP contribution in [0.1, 0.15) is 24.9 Å². The van der Waals surface area contributed by atoms with Crippen molar-refractivity contribution in [1.29, 1.82) is 0 Å². The Morgan fingerprint density at radius 3 is 2.82 bits per heavy atom. The molecule has 94 valence electrons. The highest BCUT2D eigenvalue weighted by molar-refractivity contribution is 5.70. The van der Waals surface area contributed by atoms with Crippen molar-refractivity contribution in [2.75, 3.05) is 13.7 Å². The van der Waals surface area contributed by atoms with Gasteiger partial charge < -0.3 is 20.3 Å². The maximum atomic E-state index is 11.1. The Hall–Kier alpha value is -1.75. The number of hydrogen-bond acceptors (Lipinski definition) is 5. The Morgan fingerprint density at radius 2 is 2.24 bits per heavy atom. The van der Waals surface area contributed by atoms with Crippen LogP contribution in [0.15, 0.2) is 18.2 Å². The summed E-state index contributed by atoms with van der Waals surface area (Å²) < 4.78 is 9.78. The molecular weight excluding hydrogens is 222 g/mol. The van der Waals surface area contributed by atoms with Crippen molar-refractivity contribution in [3.05, 3.63) is 23.8 Å². The summed E-state index contributed by atoms with van der Waals surface area (Å²) in [5.41, 5.74) is 6.57. The van der Waals surface area contributed by atoms with Gasteiger partial charge in [-0.3, -0.25) is 4.79 Å². The molecule has 1 aromatic rings. The van der Waals surface area contributed by atoms with Gasteiger partial charge in [0.1, 0.15) is 0 Å². The van der Waals surface area contributed by atoms with Crippen LogP contribution in [0.3, 0.4) is 0 Å². The van der Waals surface area contributed by atoms with Crippen molar-refractivity contribution < 1.29 is 19.4 Å². The second-order valence-electron chi connectivity index (χ2n) is 3.55. The molecule has 0 spiro atoms. The van der Waals surface area contributed by atoms with E-state index in [4.69, 9.17) is 10.5 Å². The lowest BCUT2D eigenvalue weighted by Gasteiger charge is -2.13. The summed E-state index contributed by atoms with van der Waals surface area (Å²) in [5.74, 6) is 0.0507. The van der Waals surface area contributed by atoms with Crippen molar-refractivity contribution in [1.82, 2.24) is 0 Å². The van der Waals surface area contributed by atoms with E-state index in [1.807, 2.05) is 6.92 Å². The Bertz CT molecular complexity index is 392. The number of methoxy groups -OCH3 is 1. The normalized spacial score (nSPS) is 11.9. The summed E-state index contributed by atoms with van der Waals surface area (Å²) in [7, 11) is 1.32. The van der Waals surface area contributed by atoms with Gasteiger partial charge in [-0.25, -0.2) is 0 Å². The van der Waals surface area contributed by atoms with Gasteiger partial charge in [0.2, 0.25) is 0 Å². The first-order valence-corrected chi connectivity index (χ1v) is 5.36. The predicted molar refractivity (Wildman–Crippen MR) is 62.8 cm³/mol. The van der Waals surface area contributed by atoms with Crippen LogP contribution in [0.2, 0.25) is 0 Å². The predicted octanol–water partition coefficient (Wildman–Crippen LogP) is 1.35. The van der Waals surface area contributed by atoms with Gasteiger partial charge in [0.05, 0.1) is 20.1 Å². The summed E-state index contributed by atoms with van der Waals surface area (Å²) in [6.45, 7) is 2.27. The molecule has 0 unspecified atom stereocenters. The number of rotatable bonds is 5. The van der Waals surface area contributed by atoms with E-state index in [1.165, 1.54) is 13.2 Å². The zero-order valence-corrected chi connectivity index (χ0v) is 9.97. The minimum Gasteiger partial charge on any atom is -0.504 e. The lowest BCUT2D eigenvalue weighted by molar-refractivity contribution is -0.141. The van der Waals surface area contributed by atoms with Gasteiger partial charge >= 0.3 is 5.97 Å². The molecule has 1 atom stereocenters. The monoisotopic (exact) mass is 239 g/mol. The van der Waals surface area contributed by atoms with Crippen LogP contribution in [0.4, 0.5) is 0 Å². The molecule has 0 aliphatic rings. The molecule has 1 aromatic carbocycles. The van der Waals surface area contributed by atoms with E-state index in [0.29, 0.717) is 12.4 Å². The maximum Gasteiger partial charge on any atom is 0.307 e. The van der Waals surface area contributed by atoms with E-state index < -0.39 is 6.04 Å². The fourth-order valence-electron chi connectivity index (χ4n) is 1.41. The van der Waals surface area contributed by atoms with Crippen molar-refractivity contribution >= 4 is 5.97 Å². The Morgan fingerprint density at radius 1 is 1.53 bits per heavy atom. The SMILES string of the molecule is CCOc1cc([C@@H](N)CC(=O)OC)ccc1O. The summed E-state index contributed by atoms with van der Waals surface area (Å²) in [6, 6.07) is 4.32. The fourth-order valence-corrected chi connectivity index (χ4v) is 1.41. The number of aromatic hydroxyl groups is 1. The van der Waals surface area contributed by atoms with Crippen molar-refractivity contribution in [2.24, 2.45) is 5.73 Å². The molecule has 0 saturated heterocycles. The van der Waals surface area contributed by atoms with E-state index >= 15 is 0 Å². The Balaban J connectivity index is 2.83. The molecule has 0 amide bonds. The van der Waals surface area contributed by atoms with Gasteiger partial charge in [-0.1, -0.05) is 6.07 Å². The minimum absolute atomic E-state index is 0.0564. The third kappa shape index (κ3) is 3.64. The van der Waals surface area contributed by atoms with Gasteiger partial charge in [-0.05, 0) is 24.6 Å². The maximum absolute atomic E-state index is 11.1. The van der Waals surface area contributed by atoms with Gasteiger partial charge in [-0.15, -0.1) is 0 Å². The number of carbonyl (C=O) groups is 1. The van der Waals surface area contributed by atoms with E-state index in [0.717, 1.165) is 5.56 Å². The zero-order chi connectivity index (χ0) is 12.8. The van der Waals surface area contributed by atoms with Crippen LogP contribution in [0.5, 0.6) is 11.5 Å². The molecule has 0 heterocycles. The largest absolute Gasteiger partial charge is 0.504 e. The molecule has 0 saturated carbocycles. The van der Waals surface area contributed by atoms with Crippen LogP contribution in [0, 0.1) is 0 Å². The number of phenolic OH excluding ortho intramolecular Hbond substituents is 1. The summed E-state index contributed by atoms with van der Waals surface area (Å²) >= 11 is 0. The third-order valence-corrected chi connectivity index (χ3v) is 2.33. The number of ether oxygens (including phenoxy) is 2. The average Bonchev–Trinajstić information content (AvgIpc) is 2.32. The zero-order valence-electron chi connectivity index (χ0n) is 9.97. The molecule has 17 heavy (non-hydrogen) atoms. The topological polar surface area (TPSA) is 81.8 Å². The first kappa shape index (κ1) is 13.3.